The molecule has 170 valence electrons. The van der Waals surface area contributed by atoms with E-state index in [2.05, 4.69) is 20.9 Å². The normalized spacial score (nSPS) is 12.5. The molecule has 0 unspecified atom stereocenters. The first-order chi connectivity index (χ1) is 16.6. The molecule has 0 saturated heterocycles. The molecule has 4 aromatic rings. The fraction of sp³-hybridized carbons (Fsp3) is 0.111. The molecule has 0 N–H and O–H groups in total. The van der Waals surface area contributed by atoms with Crippen LogP contribution in [0.4, 0.5) is 10.1 Å². The largest absolute Gasteiger partial charge is 0.473 e. The van der Waals surface area contributed by atoms with Crippen molar-refractivity contribution in [3.8, 4) is 11.8 Å². The first-order valence-corrected chi connectivity index (χ1v) is 11.5. The predicted molar refractivity (Wildman–Crippen MR) is 130 cm³/mol. The van der Waals surface area contributed by atoms with Crippen molar-refractivity contribution in [3.63, 3.8) is 0 Å². The summed E-state index contributed by atoms with van der Waals surface area (Å²) in [6, 6.07) is 25.7. The van der Waals surface area contributed by atoms with Gasteiger partial charge in [-0.25, -0.2) is 4.39 Å². The Morgan fingerprint density at radius 3 is 2.18 bits per heavy atom. The third-order valence-electron chi connectivity index (χ3n) is 5.54. The highest BCUT2D eigenvalue weighted by Crippen LogP contribution is 2.38. The summed E-state index contributed by atoms with van der Waals surface area (Å²) in [6.07, 6.45) is 0. The molecule has 0 atom stereocenters. The number of nitrogens with zero attached hydrogens (tertiary/aromatic N) is 2. The number of amides is 1. The fourth-order valence-corrected chi connectivity index (χ4v) is 4.25. The summed E-state index contributed by atoms with van der Waals surface area (Å²) >= 11 is 3.27. The van der Waals surface area contributed by atoms with E-state index in [0.29, 0.717) is 33.8 Å². The number of anilines is 1. The first kappa shape index (κ1) is 22.1. The molecule has 1 aliphatic heterocycles. The van der Waals surface area contributed by atoms with Gasteiger partial charge in [0.1, 0.15) is 24.7 Å². The highest BCUT2D eigenvalue weighted by molar-refractivity contribution is 9.10. The van der Waals surface area contributed by atoms with Gasteiger partial charge in [0.2, 0.25) is 11.8 Å². The predicted octanol–water partition coefficient (Wildman–Crippen LogP) is 6.30. The smallest absolute Gasteiger partial charge is 0.259 e. The van der Waals surface area contributed by atoms with Crippen LogP contribution in [0.5, 0.6) is 11.8 Å². The summed E-state index contributed by atoms with van der Waals surface area (Å²) in [4.78, 5) is 19.3. The highest BCUT2D eigenvalue weighted by atomic mass is 79.9. The van der Waals surface area contributed by atoms with Crippen molar-refractivity contribution in [2.75, 3.05) is 4.90 Å². The molecule has 0 radical (unpaired) electrons. The van der Waals surface area contributed by atoms with Crippen molar-refractivity contribution < 1.29 is 18.7 Å². The Balaban J connectivity index is 1.44. The molecular weight excluding hydrogens is 499 g/mol. The zero-order valence-corrected chi connectivity index (χ0v) is 19.7. The maximum absolute atomic E-state index is 14.1. The van der Waals surface area contributed by atoms with Crippen molar-refractivity contribution >= 4 is 27.5 Å². The lowest BCUT2D eigenvalue weighted by Gasteiger charge is -2.20. The first-order valence-electron chi connectivity index (χ1n) is 10.7. The Bertz CT molecular complexity index is 1330. The van der Waals surface area contributed by atoms with Crippen LogP contribution in [0.15, 0.2) is 89.4 Å². The summed E-state index contributed by atoms with van der Waals surface area (Å²) in [5.74, 6) is 0.0102. The van der Waals surface area contributed by atoms with E-state index in [9.17, 15) is 9.18 Å². The number of rotatable bonds is 7. The molecule has 1 amide bonds. The fourth-order valence-electron chi connectivity index (χ4n) is 3.78. The number of aromatic nitrogens is 1. The topological polar surface area (TPSA) is 51.7 Å². The number of carbonyl (C=O) groups is 1. The second-order valence-electron chi connectivity index (χ2n) is 7.80. The van der Waals surface area contributed by atoms with E-state index in [0.717, 1.165) is 11.1 Å². The van der Waals surface area contributed by atoms with Crippen LogP contribution in [-0.2, 0) is 19.8 Å². The molecule has 0 aliphatic carbocycles. The Kier molecular flexibility index (Phi) is 6.27. The second-order valence-corrected chi connectivity index (χ2v) is 8.59. The number of pyridine rings is 1. The van der Waals surface area contributed by atoms with Crippen LogP contribution in [-0.4, -0.2) is 10.9 Å². The molecule has 0 spiro atoms. The summed E-state index contributed by atoms with van der Waals surface area (Å²) in [6.45, 7) is 0.835. The van der Waals surface area contributed by atoms with Gasteiger partial charge in [0, 0.05) is 17.2 Å². The molecule has 34 heavy (non-hydrogen) atoms. The Morgan fingerprint density at radius 1 is 0.853 bits per heavy atom. The Hall–Kier alpha value is -3.71. The van der Waals surface area contributed by atoms with Gasteiger partial charge in [-0.05, 0) is 45.3 Å². The van der Waals surface area contributed by atoms with Crippen molar-refractivity contribution in [2.45, 2.75) is 19.8 Å². The van der Waals surface area contributed by atoms with Crippen molar-refractivity contribution in [3.05, 3.63) is 117 Å². The van der Waals surface area contributed by atoms with Crippen LogP contribution in [0.1, 0.15) is 27.0 Å². The molecule has 1 aromatic heterocycles. The van der Waals surface area contributed by atoms with Gasteiger partial charge in [0.05, 0.1) is 11.0 Å². The van der Waals surface area contributed by atoms with Gasteiger partial charge >= 0.3 is 0 Å². The molecule has 7 heteroatoms. The lowest BCUT2D eigenvalue weighted by molar-refractivity contribution is 0.0995. The number of carbonyl (C=O) groups excluding carboxylic acids is 1. The van der Waals surface area contributed by atoms with Gasteiger partial charge in [-0.1, -0.05) is 60.7 Å². The second kappa shape index (κ2) is 9.65. The van der Waals surface area contributed by atoms with Gasteiger partial charge < -0.3 is 9.47 Å². The zero-order chi connectivity index (χ0) is 23.5. The summed E-state index contributed by atoms with van der Waals surface area (Å²) in [5.41, 5.74) is 3.52. The molecule has 0 fully saturated rings. The van der Waals surface area contributed by atoms with E-state index in [1.165, 1.54) is 12.1 Å². The number of hydrogen-bond acceptors (Lipinski definition) is 4. The Morgan fingerprint density at radius 2 is 1.50 bits per heavy atom. The van der Waals surface area contributed by atoms with E-state index in [1.807, 2.05) is 60.7 Å². The number of halogens is 2. The molecule has 5 rings (SSSR count). The zero-order valence-electron chi connectivity index (χ0n) is 18.1. The number of ether oxygens (including phenoxy) is 2. The van der Waals surface area contributed by atoms with Gasteiger partial charge in [-0.3, -0.25) is 9.69 Å². The van der Waals surface area contributed by atoms with Crippen LogP contribution in [0.2, 0.25) is 0 Å². The maximum Gasteiger partial charge on any atom is 0.259 e. The summed E-state index contributed by atoms with van der Waals surface area (Å²) < 4.78 is 26.3. The molecule has 3 aromatic carbocycles. The molecule has 2 heterocycles. The van der Waals surface area contributed by atoms with Gasteiger partial charge in [-0.2, -0.15) is 4.98 Å². The molecule has 1 aliphatic rings. The average molecular weight is 519 g/mol. The minimum Gasteiger partial charge on any atom is -0.473 e. The lowest BCUT2D eigenvalue weighted by Crippen LogP contribution is -2.24. The number of benzene rings is 3. The molecule has 0 saturated carbocycles. The van der Waals surface area contributed by atoms with Gasteiger partial charge in [-0.15, -0.1) is 0 Å². The lowest BCUT2D eigenvalue weighted by atomic mass is 10.1. The molecular formula is C27H20BrFN2O3. The third kappa shape index (κ3) is 4.52. The minimum absolute atomic E-state index is 0.208. The SMILES string of the molecule is O=C1c2ccc(F)c(Br)c2CN1c1ccc(OCc2ccccc2)nc1OCc1ccccc1. The monoisotopic (exact) mass is 518 g/mol. The van der Waals surface area contributed by atoms with Crippen LogP contribution in [0, 0.1) is 5.82 Å². The van der Waals surface area contributed by atoms with Crippen molar-refractivity contribution in [1.82, 2.24) is 4.98 Å². The van der Waals surface area contributed by atoms with E-state index in [-0.39, 0.29) is 24.9 Å². The van der Waals surface area contributed by atoms with Crippen molar-refractivity contribution in [1.29, 1.82) is 0 Å². The van der Waals surface area contributed by atoms with Crippen LogP contribution < -0.4 is 14.4 Å². The van der Waals surface area contributed by atoms with Crippen molar-refractivity contribution in [2.24, 2.45) is 0 Å². The van der Waals surface area contributed by atoms with Gasteiger partial charge in [0.15, 0.2) is 0 Å². The molecule has 5 nitrogen and oxygen atoms in total. The minimum atomic E-state index is -0.406. The van der Waals surface area contributed by atoms with Crippen LogP contribution in [0.3, 0.4) is 0 Å². The summed E-state index contributed by atoms with van der Waals surface area (Å²) in [7, 11) is 0. The van der Waals surface area contributed by atoms with E-state index >= 15 is 0 Å². The van der Waals surface area contributed by atoms with Crippen LogP contribution >= 0.6 is 15.9 Å². The van der Waals surface area contributed by atoms with E-state index < -0.39 is 5.82 Å². The van der Waals surface area contributed by atoms with E-state index in [1.54, 1.807) is 17.0 Å². The summed E-state index contributed by atoms with van der Waals surface area (Å²) in [5, 5.41) is 0. The van der Waals surface area contributed by atoms with E-state index in [4.69, 9.17) is 9.47 Å². The van der Waals surface area contributed by atoms with Crippen LogP contribution in [0.25, 0.3) is 0 Å². The number of hydrogen-bond donors (Lipinski definition) is 0. The van der Waals surface area contributed by atoms with Gasteiger partial charge in [0.25, 0.3) is 5.91 Å². The highest BCUT2D eigenvalue weighted by Gasteiger charge is 2.33. The number of fused-ring (bicyclic) bond motifs is 1. The molecule has 0 bridgehead atoms. The standard InChI is InChI=1S/C27H20BrFN2O3/c28-25-21-15-31(27(32)20(21)11-12-22(25)29)23-13-14-24(33-16-18-7-3-1-4-8-18)30-26(23)34-17-19-9-5-2-6-10-19/h1-14H,15-17H2. The average Bonchev–Trinajstić information content (AvgIpc) is 3.21. The quantitative estimate of drug-likeness (QED) is 0.288. The maximum atomic E-state index is 14.1. The third-order valence-corrected chi connectivity index (χ3v) is 6.40. The Labute approximate surface area is 204 Å².